The lowest BCUT2D eigenvalue weighted by atomic mass is 9.80. The second-order valence-electron chi connectivity index (χ2n) is 11.0. The highest BCUT2D eigenvalue weighted by molar-refractivity contribution is 7.80. The summed E-state index contributed by atoms with van der Waals surface area (Å²) in [6, 6.07) is 8.37. The van der Waals surface area contributed by atoms with Gasteiger partial charge in [-0.25, -0.2) is 0 Å². The Morgan fingerprint density at radius 1 is 1.10 bits per heavy atom. The quantitative estimate of drug-likeness (QED) is 0.233. The van der Waals surface area contributed by atoms with Crippen molar-refractivity contribution in [3.8, 4) is 5.75 Å². The Morgan fingerprint density at radius 2 is 1.80 bits per heavy atom. The van der Waals surface area contributed by atoms with Crippen molar-refractivity contribution >= 4 is 33.9 Å². The number of nitrogens with one attached hydrogen (secondary N) is 2. The third kappa shape index (κ3) is 4.68. The van der Waals surface area contributed by atoms with E-state index in [0.29, 0.717) is 29.7 Å². The lowest BCUT2D eigenvalue weighted by molar-refractivity contribution is -0.143. The maximum absolute atomic E-state index is 13.4. The smallest absolute Gasteiger partial charge is 0.416 e. The van der Waals surface area contributed by atoms with Gasteiger partial charge in [0.1, 0.15) is 5.75 Å². The fourth-order valence-corrected chi connectivity index (χ4v) is 7.62. The van der Waals surface area contributed by atoms with Gasteiger partial charge in [0.05, 0.1) is 29.8 Å². The van der Waals surface area contributed by atoms with Crippen molar-refractivity contribution in [1.82, 2.24) is 15.2 Å². The summed E-state index contributed by atoms with van der Waals surface area (Å²) >= 11 is 5.51. The Morgan fingerprint density at radius 3 is 2.41 bits per heavy atom. The van der Waals surface area contributed by atoms with Crippen LogP contribution in [0.4, 0.5) is 32.0 Å². The number of alkyl halides is 6. The van der Waals surface area contributed by atoms with E-state index >= 15 is 0 Å². The molecule has 1 aromatic heterocycles. The molecule has 3 fully saturated rings. The molecule has 0 radical (unpaired) electrons. The van der Waals surface area contributed by atoms with E-state index in [0.717, 1.165) is 42.3 Å². The fraction of sp³-hybridized carbons (Fsp3) is 0.448. The summed E-state index contributed by atoms with van der Waals surface area (Å²) in [7, 11) is 1.56. The first-order valence-electron chi connectivity index (χ1n) is 13.4. The predicted octanol–water partition coefficient (Wildman–Crippen LogP) is 7.18. The van der Waals surface area contributed by atoms with Crippen molar-refractivity contribution in [2.24, 2.45) is 11.8 Å². The molecule has 218 valence electrons. The van der Waals surface area contributed by atoms with Crippen LogP contribution in [0.25, 0.3) is 10.9 Å². The average Bonchev–Trinajstić information content (AvgIpc) is 3.48. The van der Waals surface area contributed by atoms with Gasteiger partial charge in [-0.3, -0.25) is 9.88 Å². The number of pyridine rings is 1. The van der Waals surface area contributed by atoms with E-state index in [2.05, 4.69) is 27.4 Å². The molecule has 0 bridgehead atoms. The number of nitrogens with zero attached hydrogens (tertiary/aromatic N) is 2. The normalized spacial score (nSPS) is 26.1. The molecule has 2 aromatic carbocycles. The number of piperidine rings is 1. The molecule has 2 aliphatic heterocycles. The Hall–Kier alpha value is -3.12. The van der Waals surface area contributed by atoms with Crippen LogP contribution in [0.2, 0.25) is 0 Å². The Balaban J connectivity index is 1.34. The van der Waals surface area contributed by atoms with E-state index in [-0.39, 0.29) is 22.8 Å². The summed E-state index contributed by atoms with van der Waals surface area (Å²) in [5.74, 6) is 1.93. The molecule has 5 nitrogen and oxygen atoms in total. The highest BCUT2D eigenvalue weighted by Gasteiger charge is 2.76. The molecule has 3 aliphatic rings. The number of ether oxygens (including phenoxy) is 1. The van der Waals surface area contributed by atoms with E-state index in [1.807, 2.05) is 18.2 Å². The molecule has 41 heavy (non-hydrogen) atoms. The summed E-state index contributed by atoms with van der Waals surface area (Å²) in [6.45, 7) is 3.13. The molecule has 3 aromatic rings. The van der Waals surface area contributed by atoms with Crippen molar-refractivity contribution in [3.05, 3.63) is 65.4 Å². The highest BCUT2D eigenvalue weighted by atomic mass is 32.1. The molecule has 3 heterocycles. The van der Waals surface area contributed by atoms with E-state index in [9.17, 15) is 26.3 Å². The molecular weight excluding hydrogens is 566 g/mol. The number of thiocarbonyl (C=S) groups is 1. The largest absolute Gasteiger partial charge is 0.497 e. The van der Waals surface area contributed by atoms with Crippen LogP contribution < -0.4 is 15.4 Å². The zero-order valence-corrected chi connectivity index (χ0v) is 23.1. The third-order valence-electron chi connectivity index (χ3n) is 9.09. The summed E-state index contributed by atoms with van der Waals surface area (Å²) in [4.78, 5) is 6.97. The van der Waals surface area contributed by atoms with Crippen LogP contribution in [0, 0.1) is 11.8 Å². The van der Waals surface area contributed by atoms with Gasteiger partial charge in [-0.2, -0.15) is 26.3 Å². The molecule has 5 atom stereocenters. The van der Waals surface area contributed by atoms with Gasteiger partial charge in [0.25, 0.3) is 0 Å². The monoisotopic (exact) mass is 594 g/mol. The lowest BCUT2D eigenvalue weighted by Crippen LogP contribution is -2.62. The maximum Gasteiger partial charge on any atom is 0.416 e. The molecule has 1 spiro atoms. The van der Waals surface area contributed by atoms with Gasteiger partial charge in [-0.1, -0.05) is 13.3 Å². The fourth-order valence-electron chi connectivity index (χ4n) is 7.38. The number of aromatic nitrogens is 1. The summed E-state index contributed by atoms with van der Waals surface area (Å²) in [5, 5.41) is 6.61. The molecule has 2 saturated heterocycles. The van der Waals surface area contributed by atoms with Crippen LogP contribution in [-0.4, -0.2) is 40.2 Å². The Bertz CT molecular complexity index is 1470. The number of methoxy groups -OCH3 is 1. The van der Waals surface area contributed by atoms with Crippen LogP contribution in [0.15, 0.2) is 48.7 Å². The summed E-state index contributed by atoms with van der Waals surface area (Å²) in [6.07, 6.45) is -5.11. The second kappa shape index (κ2) is 9.72. The van der Waals surface area contributed by atoms with E-state index in [1.165, 1.54) is 0 Å². The minimum Gasteiger partial charge on any atom is -0.497 e. The molecule has 1 aliphatic carbocycles. The van der Waals surface area contributed by atoms with Gasteiger partial charge in [0.2, 0.25) is 0 Å². The number of anilines is 1. The van der Waals surface area contributed by atoms with Crippen molar-refractivity contribution in [3.63, 3.8) is 0 Å². The van der Waals surface area contributed by atoms with Crippen LogP contribution >= 0.6 is 12.2 Å². The average molecular weight is 595 g/mol. The van der Waals surface area contributed by atoms with Crippen molar-refractivity contribution in [2.45, 2.75) is 56.2 Å². The standard InChI is InChI=1S/C29H28F6N4OS/c1-3-21-22-7-9-39-24(14-27(21,22)39)25(19-6-8-36-23-5-4-18(40-2)13-20(19)23)38-26(41)37-17-11-15(28(30,31)32)10-16(12-17)29(33,34)35/h4-6,8,10-13,21-22,24-25H,3,7,9,14H2,1-2H3,(H2,37,38,41). The van der Waals surface area contributed by atoms with E-state index in [4.69, 9.17) is 17.0 Å². The number of rotatable bonds is 6. The minimum absolute atomic E-state index is 0.0281. The number of hydrogen-bond acceptors (Lipinski definition) is 4. The van der Waals surface area contributed by atoms with Crippen LogP contribution in [0.5, 0.6) is 5.75 Å². The van der Waals surface area contributed by atoms with E-state index < -0.39 is 35.2 Å². The van der Waals surface area contributed by atoms with Gasteiger partial charge in [-0.05, 0) is 91.5 Å². The number of halogens is 6. The van der Waals surface area contributed by atoms with Gasteiger partial charge >= 0.3 is 12.4 Å². The SMILES string of the molecule is CCC1C2CCN3C(C(NC(=S)Nc4cc(C(F)(F)F)cc(C(F)(F)F)c4)c4ccnc5ccc(OC)cc45)CC123. The zero-order valence-electron chi connectivity index (χ0n) is 22.2. The van der Waals surface area contributed by atoms with Gasteiger partial charge in [0.15, 0.2) is 5.11 Å². The van der Waals surface area contributed by atoms with E-state index in [1.54, 1.807) is 19.4 Å². The van der Waals surface area contributed by atoms with Crippen molar-refractivity contribution in [1.29, 1.82) is 0 Å². The Kier molecular flexibility index (Phi) is 6.64. The summed E-state index contributed by atoms with van der Waals surface area (Å²) < 4.78 is 86.0. The minimum atomic E-state index is -4.96. The number of fused-ring (bicyclic) bond motifs is 1. The first-order chi connectivity index (χ1) is 19.4. The topological polar surface area (TPSA) is 49.4 Å². The first kappa shape index (κ1) is 28.0. The number of hydrogen-bond donors (Lipinski definition) is 2. The molecule has 2 N–H and O–H groups in total. The van der Waals surface area contributed by atoms with Crippen molar-refractivity contribution in [2.75, 3.05) is 19.0 Å². The first-order valence-corrected chi connectivity index (χ1v) is 13.8. The third-order valence-corrected chi connectivity index (χ3v) is 9.31. The van der Waals surface area contributed by atoms with Gasteiger partial charge in [-0.15, -0.1) is 0 Å². The van der Waals surface area contributed by atoms with Crippen LogP contribution in [0.3, 0.4) is 0 Å². The Labute approximate surface area is 238 Å². The molecule has 5 unspecified atom stereocenters. The maximum atomic E-state index is 13.4. The highest BCUT2D eigenvalue weighted by Crippen LogP contribution is 2.71. The zero-order chi connectivity index (χ0) is 29.3. The second-order valence-corrected chi connectivity index (χ2v) is 11.4. The number of benzene rings is 2. The summed E-state index contributed by atoms with van der Waals surface area (Å²) in [5.41, 5.74) is -1.45. The molecule has 12 heteroatoms. The van der Waals surface area contributed by atoms with Crippen LogP contribution in [0.1, 0.15) is 48.9 Å². The lowest BCUT2D eigenvalue weighted by Gasteiger charge is -2.52. The molecule has 6 rings (SSSR count). The van der Waals surface area contributed by atoms with Gasteiger partial charge < -0.3 is 15.4 Å². The van der Waals surface area contributed by atoms with Crippen molar-refractivity contribution < 1.29 is 31.1 Å². The van der Waals surface area contributed by atoms with Gasteiger partial charge in [0, 0.05) is 28.9 Å². The van der Waals surface area contributed by atoms with Crippen LogP contribution in [-0.2, 0) is 12.4 Å². The molecule has 1 saturated carbocycles. The predicted molar refractivity (Wildman–Crippen MR) is 147 cm³/mol. The molecule has 0 amide bonds. The molecular formula is C29H28F6N4OS.